The number of hydrogen-bond acceptors (Lipinski definition) is 6. The number of nitrogens with zero attached hydrogens (tertiary/aromatic N) is 3. The van der Waals surface area contributed by atoms with Crippen LogP contribution in [-0.2, 0) is 4.79 Å². The van der Waals surface area contributed by atoms with E-state index in [1.54, 1.807) is 24.3 Å². The van der Waals surface area contributed by atoms with Crippen LogP contribution in [0.5, 0.6) is 0 Å². The molecule has 0 radical (unpaired) electrons. The summed E-state index contributed by atoms with van der Waals surface area (Å²) in [5, 5.41) is 6.69. The van der Waals surface area contributed by atoms with E-state index in [0.717, 1.165) is 25.2 Å². The van der Waals surface area contributed by atoms with Gasteiger partial charge in [-0.25, -0.2) is 0 Å². The molecule has 0 saturated carbocycles. The number of thiophene rings is 1. The smallest absolute Gasteiger partial charge is 0.261 e. The highest BCUT2D eigenvalue weighted by Crippen LogP contribution is 2.22. The third-order valence-corrected chi connectivity index (χ3v) is 6.52. The molecule has 4 amide bonds. The van der Waals surface area contributed by atoms with E-state index in [0.29, 0.717) is 37.2 Å². The highest BCUT2D eigenvalue weighted by molar-refractivity contribution is 7.08. The summed E-state index contributed by atoms with van der Waals surface area (Å²) in [5.74, 6) is -0.588. The second-order valence-corrected chi connectivity index (χ2v) is 8.69. The molecule has 0 bridgehead atoms. The second-order valence-electron chi connectivity index (χ2n) is 7.91. The predicted octanol–water partition coefficient (Wildman–Crippen LogP) is 1.70. The van der Waals surface area contributed by atoms with Crippen molar-refractivity contribution in [3.05, 3.63) is 57.8 Å². The van der Waals surface area contributed by atoms with Crippen molar-refractivity contribution in [1.29, 1.82) is 0 Å². The SMILES string of the molecule is O=C(CCCN1C(=O)c2ccccc2C1=O)NCCN1CCN(C(=O)c2ccsc2)CC1. The van der Waals surface area contributed by atoms with Gasteiger partial charge in [0.05, 0.1) is 16.7 Å². The van der Waals surface area contributed by atoms with Crippen LogP contribution in [0.4, 0.5) is 0 Å². The third-order valence-electron chi connectivity index (χ3n) is 5.84. The molecule has 1 aromatic carbocycles. The summed E-state index contributed by atoms with van der Waals surface area (Å²) in [4.78, 5) is 54.5. The Morgan fingerprint density at radius 2 is 1.62 bits per heavy atom. The minimum atomic E-state index is -0.289. The molecule has 2 aliphatic heterocycles. The van der Waals surface area contributed by atoms with Crippen LogP contribution in [0.1, 0.15) is 43.9 Å². The molecule has 168 valence electrons. The van der Waals surface area contributed by atoms with Crippen molar-refractivity contribution in [1.82, 2.24) is 20.0 Å². The van der Waals surface area contributed by atoms with Gasteiger partial charge in [-0.15, -0.1) is 0 Å². The normalized spacial score (nSPS) is 16.4. The van der Waals surface area contributed by atoms with E-state index in [1.807, 2.05) is 21.7 Å². The predicted molar refractivity (Wildman–Crippen MR) is 121 cm³/mol. The maximum absolute atomic E-state index is 12.4. The number of carbonyl (C=O) groups excluding carboxylic acids is 4. The molecule has 8 nitrogen and oxygen atoms in total. The van der Waals surface area contributed by atoms with E-state index in [4.69, 9.17) is 0 Å². The number of carbonyl (C=O) groups is 4. The first-order valence-corrected chi connectivity index (χ1v) is 11.7. The maximum atomic E-state index is 12.4. The highest BCUT2D eigenvalue weighted by Gasteiger charge is 2.34. The van der Waals surface area contributed by atoms with E-state index in [2.05, 4.69) is 10.2 Å². The molecule has 32 heavy (non-hydrogen) atoms. The lowest BCUT2D eigenvalue weighted by atomic mass is 10.1. The minimum absolute atomic E-state index is 0.0808. The monoisotopic (exact) mass is 454 g/mol. The Kier molecular flexibility index (Phi) is 6.96. The molecule has 0 atom stereocenters. The zero-order chi connectivity index (χ0) is 22.5. The number of piperazine rings is 1. The maximum Gasteiger partial charge on any atom is 0.261 e. The van der Waals surface area contributed by atoms with Gasteiger partial charge in [-0.1, -0.05) is 12.1 Å². The molecule has 0 unspecified atom stereocenters. The van der Waals surface area contributed by atoms with E-state index >= 15 is 0 Å². The molecule has 4 rings (SSSR count). The quantitative estimate of drug-likeness (QED) is 0.614. The molecular formula is C23H26N4O4S. The summed E-state index contributed by atoms with van der Waals surface area (Å²) >= 11 is 1.52. The zero-order valence-corrected chi connectivity index (χ0v) is 18.6. The van der Waals surface area contributed by atoms with Crippen LogP contribution in [0.25, 0.3) is 0 Å². The van der Waals surface area contributed by atoms with E-state index < -0.39 is 0 Å². The van der Waals surface area contributed by atoms with Gasteiger partial charge in [0.15, 0.2) is 0 Å². The molecule has 9 heteroatoms. The Hall–Kier alpha value is -3.04. The standard InChI is InChI=1S/C23H26N4O4S/c28-20(6-3-9-27-22(30)18-4-1-2-5-19(18)23(27)31)24-8-10-25-11-13-26(14-12-25)21(29)17-7-15-32-16-17/h1-2,4-5,7,15-16H,3,6,8-14H2,(H,24,28). The number of rotatable bonds is 8. The van der Waals surface area contributed by atoms with E-state index in [-0.39, 0.29) is 36.6 Å². The zero-order valence-electron chi connectivity index (χ0n) is 17.8. The summed E-state index contributed by atoms with van der Waals surface area (Å²) in [6.07, 6.45) is 0.691. The molecule has 1 aromatic heterocycles. The van der Waals surface area contributed by atoms with Crippen LogP contribution in [-0.4, -0.2) is 84.1 Å². The Morgan fingerprint density at radius 1 is 0.938 bits per heavy atom. The van der Waals surface area contributed by atoms with Gasteiger partial charge >= 0.3 is 0 Å². The fourth-order valence-electron chi connectivity index (χ4n) is 4.03. The number of imide groups is 1. The topological polar surface area (TPSA) is 90.0 Å². The van der Waals surface area contributed by atoms with Crippen LogP contribution in [0, 0.1) is 0 Å². The van der Waals surface area contributed by atoms with Crippen molar-refractivity contribution in [3.63, 3.8) is 0 Å². The summed E-state index contributed by atoms with van der Waals surface area (Å²) in [6.45, 7) is 4.43. The molecule has 1 fully saturated rings. The third kappa shape index (κ3) is 4.89. The molecule has 3 heterocycles. The first kappa shape index (κ1) is 22.2. The van der Waals surface area contributed by atoms with Gasteiger partial charge in [-0.3, -0.25) is 29.0 Å². The van der Waals surface area contributed by atoms with Crippen molar-refractivity contribution in [2.75, 3.05) is 45.8 Å². The fourth-order valence-corrected chi connectivity index (χ4v) is 4.65. The lowest BCUT2D eigenvalue weighted by Gasteiger charge is -2.34. The van der Waals surface area contributed by atoms with Crippen LogP contribution in [0.3, 0.4) is 0 Å². The summed E-state index contributed by atoms with van der Waals surface area (Å²) in [5.41, 5.74) is 1.61. The second kappa shape index (κ2) is 10.1. The van der Waals surface area contributed by atoms with Gasteiger partial charge in [0, 0.05) is 57.6 Å². The van der Waals surface area contributed by atoms with Crippen molar-refractivity contribution < 1.29 is 19.2 Å². The molecule has 2 aromatic rings. The van der Waals surface area contributed by atoms with Gasteiger partial charge in [-0.05, 0) is 30.0 Å². The van der Waals surface area contributed by atoms with Gasteiger partial charge in [0.1, 0.15) is 0 Å². The van der Waals surface area contributed by atoms with Gasteiger partial charge < -0.3 is 10.2 Å². The number of hydrogen-bond donors (Lipinski definition) is 1. The van der Waals surface area contributed by atoms with Crippen molar-refractivity contribution in [2.24, 2.45) is 0 Å². The lowest BCUT2D eigenvalue weighted by molar-refractivity contribution is -0.121. The van der Waals surface area contributed by atoms with Crippen LogP contribution >= 0.6 is 11.3 Å². The number of amides is 4. The largest absolute Gasteiger partial charge is 0.355 e. The summed E-state index contributed by atoms with van der Waals surface area (Å²) in [6, 6.07) is 8.63. The molecular weight excluding hydrogens is 428 g/mol. The summed E-state index contributed by atoms with van der Waals surface area (Å²) in [7, 11) is 0. The van der Waals surface area contributed by atoms with Crippen LogP contribution in [0.15, 0.2) is 41.1 Å². The highest BCUT2D eigenvalue weighted by atomic mass is 32.1. The van der Waals surface area contributed by atoms with E-state index in [1.165, 1.54) is 16.2 Å². The Balaban J connectivity index is 1.11. The molecule has 0 spiro atoms. The van der Waals surface area contributed by atoms with Crippen LogP contribution < -0.4 is 5.32 Å². The fraction of sp³-hybridized carbons (Fsp3) is 0.391. The average Bonchev–Trinajstić information content (AvgIpc) is 3.43. The number of fused-ring (bicyclic) bond motifs is 1. The first-order chi connectivity index (χ1) is 15.5. The number of nitrogens with one attached hydrogen (secondary N) is 1. The van der Waals surface area contributed by atoms with Gasteiger partial charge in [0.2, 0.25) is 5.91 Å². The van der Waals surface area contributed by atoms with E-state index in [9.17, 15) is 19.2 Å². The average molecular weight is 455 g/mol. The minimum Gasteiger partial charge on any atom is -0.355 e. The Labute approximate surface area is 190 Å². The summed E-state index contributed by atoms with van der Waals surface area (Å²) < 4.78 is 0. The van der Waals surface area contributed by atoms with Crippen molar-refractivity contribution >= 4 is 35.0 Å². The molecule has 1 N–H and O–H groups in total. The van der Waals surface area contributed by atoms with Gasteiger partial charge in [0.25, 0.3) is 17.7 Å². The molecule has 2 aliphatic rings. The van der Waals surface area contributed by atoms with Gasteiger partial charge in [-0.2, -0.15) is 11.3 Å². The Morgan fingerprint density at radius 3 is 2.25 bits per heavy atom. The van der Waals surface area contributed by atoms with Crippen molar-refractivity contribution in [3.8, 4) is 0 Å². The Bertz CT molecular complexity index is 964. The lowest BCUT2D eigenvalue weighted by Crippen LogP contribution is -2.50. The van der Waals surface area contributed by atoms with Crippen LogP contribution in [0.2, 0.25) is 0 Å². The van der Waals surface area contributed by atoms with Crippen molar-refractivity contribution in [2.45, 2.75) is 12.8 Å². The molecule has 1 saturated heterocycles. The first-order valence-electron chi connectivity index (χ1n) is 10.8. The number of benzene rings is 1. The molecule has 0 aliphatic carbocycles.